The van der Waals surface area contributed by atoms with E-state index in [2.05, 4.69) is 30.2 Å². The SMILES string of the molecule is S=C(S)NCc1ccco1. The number of hydrogen-bond donors (Lipinski definition) is 2. The predicted octanol–water partition coefficient (Wildman–Crippen LogP) is 1.58. The lowest BCUT2D eigenvalue weighted by Gasteiger charge is -1.97. The van der Waals surface area contributed by atoms with Crippen LogP contribution in [0.3, 0.4) is 0 Å². The van der Waals surface area contributed by atoms with Crippen molar-refractivity contribution < 1.29 is 4.42 Å². The molecule has 54 valence electrons. The van der Waals surface area contributed by atoms with Gasteiger partial charge in [-0.15, -0.1) is 12.6 Å². The van der Waals surface area contributed by atoms with Gasteiger partial charge in [0, 0.05) is 0 Å². The molecule has 0 aliphatic carbocycles. The van der Waals surface area contributed by atoms with Gasteiger partial charge in [-0.1, -0.05) is 12.2 Å². The molecule has 0 fully saturated rings. The molecule has 0 bridgehead atoms. The molecule has 0 radical (unpaired) electrons. The molecule has 1 aromatic rings. The van der Waals surface area contributed by atoms with Crippen LogP contribution in [-0.2, 0) is 6.54 Å². The van der Waals surface area contributed by atoms with Gasteiger partial charge in [-0.25, -0.2) is 0 Å². The van der Waals surface area contributed by atoms with Crippen LogP contribution in [0, 0.1) is 0 Å². The highest BCUT2D eigenvalue weighted by Crippen LogP contribution is 1.98. The maximum absolute atomic E-state index is 5.03. The second kappa shape index (κ2) is 3.63. The molecule has 2 nitrogen and oxygen atoms in total. The van der Waals surface area contributed by atoms with Crippen LogP contribution in [0.4, 0.5) is 0 Å². The van der Waals surface area contributed by atoms with Crippen LogP contribution >= 0.6 is 24.8 Å². The number of thiocarbonyl (C=S) groups is 1. The first-order valence-electron chi connectivity index (χ1n) is 2.78. The Morgan fingerprint density at radius 1 is 1.80 bits per heavy atom. The summed E-state index contributed by atoms with van der Waals surface area (Å²) < 4.78 is 5.51. The molecule has 0 unspecified atom stereocenters. The number of rotatable bonds is 2. The molecule has 1 N–H and O–H groups in total. The van der Waals surface area contributed by atoms with Crippen LogP contribution in [0.1, 0.15) is 5.76 Å². The van der Waals surface area contributed by atoms with E-state index in [1.807, 2.05) is 12.1 Å². The average Bonchev–Trinajstić information content (AvgIpc) is 2.34. The third-order valence-corrected chi connectivity index (χ3v) is 1.30. The van der Waals surface area contributed by atoms with E-state index in [1.54, 1.807) is 6.26 Å². The molecule has 0 aliphatic rings. The summed E-state index contributed by atoms with van der Waals surface area (Å²) in [6.45, 7) is 0.606. The highest BCUT2D eigenvalue weighted by Gasteiger charge is 1.92. The molecular formula is C6H7NOS2. The fraction of sp³-hybridized carbons (Fsp3) is 0.167. The normalized spacial score (nSPS) is 9.30. The summed E-state index contributed by atoms with van der Waals surface area (Å²) in [6.07, 6.45) is 1.62. The maximum Gasteiger partial charge on any atom is 0.131 e. The lowest BCUT2D eigenvalue weighted by Crippen LogP contribution is -2.14. The first-order valence-corrected chi connectivity index (χ1v) is 3.64. The van der Waals surface area contributed by atoms with Crippen LogP contribution in [0.5, 0.6) is 0 Å². The van der Waals surface area contributed by atoms with Gasteiger partial charge in [-0.3, -0.25) is 0 Å². The zero-order chi connectivity index (χ0) is 7.40. The van der Waals surface area contributed by atoms with E-state index in [0.717, 1.165) is 5.76 Å². The Morgan fingerprint density at radius 2 is 2.60 bits per heavy atom. The average molecular weight is 173 g/mol. The van der Waals surface area contributed by atoms with Crippen molar-refractivity contribution >= 4 is 29.2 Å². The molecule has 0 amide bonds. The molecule has 0 aliphatic heterocycles. The highest BCUT2D eigenvalue weighted by molar-refractivity contribution is 8.11. The molecule has 0 saturated carbocycles. The highest BCUT2D eigenvalue weighted by atomic mass is 32.1. The molecule has 0 atom stereocenters. The Bertz CT molecular complexity index is 208. The third kappa shape index (κ3) is 2.41. The summed E-state index contributed by atoms with van der Waals surface area (Å²) in [5, 5.41) is 2.85. The van der Waals surface area contributed by atoms with Gasteiger partial charge in [0.25, 0.3) is 0 Å². The Morgan fingerprint density at radius 3 is 3.10 bits per heavy atom. The van der Waals surface area contributed by atoms with Crippen LogP contribution in [0.25, 0.3) is 0 Å². The Kier molecular flexibility index (Phi) is 2.77. The minimum absolute atomic E-state index is 0.483. The molecule has 1 aromatic heterocycles. The van der Waals surface area contributed by atoms with Crippen LogP contribution in [0.15, 0.2) is 22.8 Å². The van der Waals surface area contributed by atoms with E-state index in [9.17, 15) is 0 Å². The van der Waals surface area contributed by atoms with Gasteiger partial charge in [-0.2, -0.15) is 0 Å². The summed E-state index contributed by atoms with van der Waals surface area (Å²) in [5.41, 5.74) is 0. The van der Waals surface area contributed by atoms with Gasteiger partial charge in [-0.05, 0) is 12.1 Å². The third-order valence-electron chi connectivity index (χ3n) is 0.994. The predicted molar refractivity (Wildman–Crippen MR) is 47.1 cm³/mol. The summed E-state index contributed by atoms with van der Waals surface area (Å²) in [5.74, 6) is 0.858. The zero-order valence-corrected chi connectivity index (χ0v) is 6.91. The molecular weight excluding hydrogens is 166 g/mol. The summed E-state index contributed by atoms with van der Waals surface area (Å²) in [6, 6.07) is 3.71. The van der Waals surface area contributed by atoms with Crippen molar-refractivity contribution in [1.29, 1.82) is 0 Å². The van der Waals surface area contributed by atoms with Gasteiger partial charge in [0.05, 0.1) is 12.8 Å². The largest absolute Gasteiger partial charge is 0.467 e. The summed E-state index contributed by atoms with van der Waals surface area (Å²) in [7, 11) is 0. The van der Waals surface area contributed by atoms with Crippen LogP contribution < -0.4 is 5.32 Å². The molecule has 0 spiro atoms. The Hall–Kier alpha value is -0.480. The van der Waals surface area contributed by atoms with Gasteiger partial charge in [0.2, 0.25) is 0 Å². The number of hydrogen-bond acceptors (Lipinski definition) is 2. The molecule has 0 aromatic carbocycles. The van der Waals surface area contributed by atoms with Gasteiger partial charge in [0.1, 0.15) is 10.1 Å². The van der Waals surface area contributed by atoms with Gasteiger partial charge < -0.3 is 9.73 Å². The molecule has 4 heteroatoms. The summed E-state index contributed by atoms with van der Waals surface area (Å²) >= 11 is 8.57. The Balaban J connectivity index is 2.35. The second-order valence-electron chi connectivity index (χ2n) is 1.74. The maximum atomic E-state index is 5.03. The van der Waals surface area contributed by atoms with Crippen molar-refractivity contribution in [2.45, 2.75) is 6.54 Å². The Labute approximate surface area is 70.0 Å². The van der Waals surface area contributed by atoms with Gasteiger partial charge in [0.15, 0.2) is 0 Å². The van der Waals surface area contributed by atoms with Crippen molar-refractivity contribution in [3.8, 4) is 0 Å². The summed E-state index contributed by atoms with van der Waals surface area (Å²) in [4.78, 5) is 0. The smallest absolute Gasteiger partial charge is 0.131 e. The van der Waals surface area contributed by atoms with E-state index < -0.39 is 0 Å². The minimum Gasteiger partial charge on any atom is -0.467 e. The molecule has 1 rings (SSSR count). The lowest BCUT2D eigenvalue weighted by atomic mass is 10.4. The lowest BCUT2D eigenvalue weighted by molar-refractivity contribution is 0.504. The van der Waals surface area contributed by atoms with E-state index in [4.69, 9.17) is 4.42 Å². The fourth-order valence-electron chi connectivity index (χ4n) is 0.576. The number of nitrogens with one attached hydrogen (secondary N) is 1. The van der Waals surface area contributed by atoms with E-state index >= 15 is 0 Å². The first-order chi connectivity index (χ1) is 4.79. The molecule has 1 heterocycles. The zero-order valence-electron chi connectivity index (χ0n) is 5.20. The fourth-order valence-corrected chi connectivity index (χ4v) is 0.727. The number of furan rings is 1. The second-order valence-corrected chi connectivity index (χ2v) is 2.90. The molecule has 0 saturated heterocycles. The van der Waals surface area contributed by atoms with Crippen molar-refractivity contribution in [1.82, 2.24) is 5.32 Å². The topological polar surface area (TPSA) is 25.2 Å². The minimum atomic E-state index is 0.483. The standard InChI is InChI=1S/C6H7NOS2/c9-6(10)7-4-5-2-1-3-8-5/h1-3H,4H2,(H2,7,9,10). The van der Waals surface area contributed by atoms with Crippen LogP contribution in [-0.4, -0.2) is 4.32 Å². The monoisotopic (exact) mass is 173 g/mol. The van der Waals surface area contributed by atoms with Crippen molar-refractivity contribution in [3.05, 3.63) is 24.2 Å². The van der Waals surface area contributed by atoms with E-state index in [0.29, 0.717) is 10.9 Å². The van der Waals surface area contributed by atoms with E-state index in [-0.39, 0.29) is 0 Å². The van der Waals surface area contributed by atoms with Crippen molar-refractivity contribution in [2.75, 3.05) is 0 Å². The van der Waals surface area contributed by atoms with Gasteiger partial charge >= 0.3 is 0 Å². The van der Waals surface area contributed by atoms with E-state index in [1.165, 1.54) is 0 Å². The molecule has 10 heavy (non-hydrogen) atoms. The quantitative estimate of drug-likeness (QED) is 0.525. The van der Waals surface area contributed by atoms with Crippen molar-refractivity contribution in [2.24, 2.45) is 0 Å². The first kappa shape index (κ1) is 7.63. The van der Waals surface area contributed by atoms with Crippen LogP contribution in [0.2, 0.25) is 0 Å². The van der Waals surface area contributed by atoms with Crippen molar-refractivity contribution in [3.63, 3.8) is 0 Å². The number of thiol groups is 1.